The SMILES string of the molecule is CN(N)/C(=C(\N)Cl)c1cnc2c3ccc(C(C)(C)O)cc3n([C@H](c3ccccc3)C3CCOCC3)c2c1. The number of aromatic nitrogens is 2. The predicted octanol–water partition coefficient (Wildman–Crippen LogP) is 5.06. The van der Waals surface area contributed by atoms with Crippen molar-refractivity contribution >= 4 is 39.2 Å². The van der Waals surface area contributed by atoms with Crippen LogP contribution in [-0.4, -0.2) is 39.9 Å². The quantitative estimate of drug-likeness (QED) is 0.187. The van der Waals surface area contributed by atoms with E-state index in [0.29, 0.717) is 11.6 Å². The summed E-state index contributed by atoms with van der Waals surface area (Å²) in [7, 11) is 1.70. The monoisotopic (exact) mass is 519 g/mol. The Balaban J connectivity index is 1.87. The van der Waals surface area contributed by atoms with Crippen molar-refractivity contribution in [2.45, 2.75) is 38.3 Å². The highest BCUT2D eigenvalue weighted by Crippen LogP contribution is 2.41. The van der Waals surface area contributed by atoms with Crippen LogP contribution in [0.15, 0.2) is 66.0 Å². The molecule has 5 rings (SSSR count). The van der Waals surface area contributed by atoms with E-state index in [9.17, 15) is 5.11 Å². The van der Waals surface area contributed by atoms with Crippen molar-refractivity contribution in [1.29, 1.82) is 0 Å². The molecule has 194 valence electrons. The number of benzene rings is 2. The molecule has 0 spiro atoms. The molecular weight excluding hydrogens is 486 g/mol. The lowest BCUT2D eigenvalue weighted by atomic mass is 9.86. The van der Waals surface area contributed by atoms with Crippen molar-refractivity contribution in [3.63, 3.8) is 0 Å². The molecule has 1 saturated heterocycles. The molecule has 2 aromatic heterocycles. The zero-order valence-electron chi connectivity index (χ0n) is 21.5. The van der Waals surface area contributed by atoms with E-state index in [1.165, 1.54) is 10.6 Å². The van der Waals surface area contributed by atoms with Crippen LogP contribution >= 0.6 is 11.6 Å². The van der Waals surface area contributed by atoms with E-state index in [1.807, 2.05) is 26.0 Å². The zero-order valence-corrected chi connectivity index (χ0v) is 22.2. The Morgan fingerprint density at radius 3 is 2.46 bits per heavy atom. The second-order valence-corrected chi connectivity index (χ2v) is 10.8. The van der Waals surface area contributed by atoms with Crippen molar-refractivity contribution < 1.29 is 9.84 Å². The maximum atomic E-state index is 10.9. The molecule has 2 aromatic carbocycles. The highest BCUT2D eigenvalue weighted by molar-refractivity contribution is 6.32. The maximum absolute atomic E-state index is 10.9. The van der Waals surface area contributed by atoms with Crippen molar-refractivity contribution in [1.82, 2.24) is 14.6 Å². The molecule has 1 fully saturated rings. The smallest absolute Gasteiger partial charge is 0.125 e. The van der Waals surface area contributed by atoms with Gasteiger partial charge in [0.15, 0.2) is 0 Å². The molecule has 7 nitrogen and oxygen atoms in total. The molecule has 37 heavy (non-hydrogen) atoms. The lowest BCUT2D eigenvalue weighted by molar-refractivity contribution is 0.0552. The fourth-order valence-corrected chi connectivity index (χ4v) is 5.78. The summed E-state index contributed by atoms with van der Waals surface area (Å²) in [5, 5.41) is 13.4. The van der Waals surface area contributed by atoms with Crippen LogP contribution in [-0.2, 0) is 10.3 Å². The topological polar surface area (TPSA) is 103 Å². The number of fused-ring (bicyclic) bond motifs is 3. The van der Waals surface area contributed by atoms with Gasteiger partial charge in [0.25, 0.3) is 0 Å². The molecule has 1 atom stereocenters. The third-order valence-corrected chi connectivity index (χ3v) is 7.51. The number of aliphatic hydroxyl groups is 1. The van der Waals surface area contributed by atoms with Gasteiger partial charge in [0.2, 0.25) is 0 Å². The third kappa shape index (κ3) is 4.80. The fourth-order valence-electron chi connectivity index (χ4n) is 5.54. The number of ether oxygens (including phenoxy) is 1. The summed E-state index contributed by atoms with van der Waals surface area (Å²) < 4.78 is 8.11. The Bertz CT molecular complexity index is 1450. The highest BCUT2D eigenvalue weighted by Gasteiger charge is 2.31. The molecule has 4 aromatic rings. The van der Waals surface area contributed by atoms with Crippen molar-refractivity contribution in [2.75, 3.05) is 20.3 Å². The van der Waals surface area contributed by atoms with E-state index in [-0.39, 0.29) is 11.2 Å². The van der Waals surface area contributed by atoms with E-state index in [0.717, 1.165) is 59.1 Å². The summed E-state index contributed by atoms with van der Waals surface area (Å²) >= 11 is 6.25. The summed E-state index contributed by atoms with van der Waals surface area (Å²) in [4.78, 5) is 4.89. The Morgan fingerprint density at radius 2 is 1.84 bits per heavy atom. The van der Waals surface area contributed by atoms with Crippen LogP contribution in [0.3, 0.4) is 0 Å². The minimum absolute atomic E-state index is 0.0376. The minimum atomic E-state index is -0.986. The Labute approximate surface area is 222 Å². The molecule has 0 amide bonds. The molecule has 0 bridgehead atoms. The maximum Gasteiger partial charge on any atom is 0.125 e. The van der Waals surface area contributed by atoms with Gasteiger partial charge in [0.1, 0.15) is 5.16 Å². The Hall–Kier alpha value is -3.10. The van der Waals surface area contributed by atoms with E-state index in [2.05, 4.69) is 47.0 Å². The van der Waals surface area contributed by atoms with Gasteiger partial charge < -0.3 is 25.2 Å². The summed E-state index contributed by atoms with van der Waals surface area (Å²) in [6.07, 6.45) is 3.66. The largest absolute Gasteiger partial charge is 0.388 e. The number of nitrogens with zero attached hydrogens (tertiary/aromatic N) is 3. The number of pyridine rings is 1. The van der Waals surface area contributed by atoms with Gasteiger partial charge in [-0.05, 0) is 55.9 Å². The average Bonchev–Trinajstić information content (AvgIpc) is 3.18. The number of hydrogen-bond donors (Lipinski definition) is 3. The van der Waals surface area contributed by atoms with Crippen LogP contribution in [0.4, 0.5) is 0 Å². The van der Waals surface area contributed by atoms with Crippen LogP contribution in [0, 0.1) is 5.92 Å². The number of nitrogens with two attached hydrogens (primary N) is 2. The summed E-state index contributed by atoms with van der Waals surface area (Å²) in [6, 6.07) is 18.8. The van der Waals surface area contributed by atoms with Crippen molar-refractivity contribution in [2.24, 2.45) is 17.5 Å². The van der Waals surface area contributed by atoms with Crippen LogP contribution in [0.5, 0.6) is 0 Å². The van der Waals surface area contributed by atoms with Gasteiger partial charge in [0, 0.05) is 37.4 Å². The molecule has 1 aliphatic rings. The molecule has 8 heteroatoms. The van der Waals surface area contributed by atoms with Gasteiger partial charge in [-0.2, -0.15) is 0 Å². The molecule has 5 N–H and O–H groups in total. The van der Waals surface area contributed by atoms with Crippen LogP contribution < -0.4 is 11.6 Å². The lowest BCUT2D eigenvalue weighted by Gasteiger charge is -2.33. The first kappa shape index (κ1) is 25.5. The Kier molecular flexibility index (Phi) is 6.89. The number of rotatable bonds is 6. The summed E-state index contributed by atoms with van der Waals surface area (Å²) in [6.45, 7) is 5.08. The molecule has 3 heterocycles. The molecular formula is C29H34ClN5O2. The van der Waals surface area contributed by atoms with Crippen LogP contribution in [0.1, 0.15) is 49.4 Å². The van der Waals surface area contributed by atoms with E-state index < -0.39 is 5.60 Å². The van der Waals surface area contributed by atoms with Crippen LogP contribution in [0.25, 0.3) is 27.6 Å². The van der Waals surface area contributed by atoms with Crippen molar-refractivity contribution in [3.8, 4) is 0 Å². The van der Waals surface area contributed by atoms with Crippen molar-refractivity contribution in [3.05, 3.63) is 82.6 Å². The number of hydrazine groups is 1. The van der Waals surface area contributed by atoms with E-state index >= 15 is 0 Å². The van der Waals surface area contributed by atoms with Gasteiger partial charge >= 0.3 is 0 Å². The second kappa shape index (κ2) is 9.99. The minimum Gasteiger partial charge on any atom is -0.388 e. The average molecular weight is 520 g/mol. The molecule has 0 aliphatic carbocycles. The Morgan fingerprint density at radius 1 is 1.14 bits per heavy atom. The summed E-state index contributed by atoms with van der Waals surface area (Å²) in [5.41, 5.74) is 11.2. The van der Waals surface area contributed by atoms with Gasteiger partial charge in [0.05, 0.1) is 33.9 Å². The first-order chi connectivity index (χ1) is 17.7. The summed E-state index contributed by atoms with van der Waals surface area (Å²) in [5.74, 6) is 6.45. The third-order valence-electron chi connectivity index (χ3n) is 7.33. The normalized spacial score (nSPS) is 16.7. The van der Waals surface area contributed by atoms with E-state index in [4.69, 9.17) is 32.9 Å². The van der Waals surface area contributed by atoms with Gasteiger partial charge in [-0.1, -0.05) is 54.1 Å². The number of halogens is 1. The second-order valence-electron chi connectivity index (χ2n) is 10.4. The van der Waals surface area contributed by atoms with Crippen LogP contribution in [0.2, 0.25) is 0 Å². The van der Waals surface area contributed by atoms with Gasteiger partial charge in [-0.15, -0.1) is 0 Å². The highest BCUT2D eigenvalue weighted by atomic mass is 35.5. The molecule has 1 aliphatic heterocycles. The molecule has 0 saturated carbocycles. The van der Waals surface area contributed by atoms with E-state index in [1.54, 1.807) is 13.2 Å². The number of hydrogen-bond acceptors (Lipinski definition) is 6. The first-order valence-electron chi connectivity index (χ1n) is 12.6. The predicted molar refractivity (Wildman–Crippen MR) is 150 cm³/mol. The lowest BCUT2D eigenvalue weighted by Crippen LogP contribution is -2.27. The zero-order chi connectivity index (χ0) is 26.3. The standard InChI is InChI=1S/C29H34ClN5O2/c1-29(2,36)21-9-10-22-23(16-21)35(24-15-20(17-33-25(22)24)27(28(30)31)34(3)32)26(18-7-5-4-6-8-18)19-11-13-37-14-12-19/h4-10,15-17,19,26,36H,11-14,31-32H2,1-3H3/b28-27-/t26-/m1/s1. The van der Waals surface area contributed by atoms with Gasteiger partial charge in [-0.3, -0.25) is 4.98 Å². The van der Waals surface area contributed by atoms with Gasteiger partial charge in [-0.25, -0.2) is 5.84 Å². The molecule has 0 radical (unpaired) electrons. The first-order valence-corrected chi connectivity index (χ1v) is 13.0. The molecule has 0 unspecified atom stereocenters. The fraction of sp³-hybridized carbons (Fsp3) is 0.345.